The van der Waals surface area contributed by atoms with E-state index in [2.05, 4.69) is 42.8 Å². The Hall–Kier alpha value is -1.30. The summed E-state index contributed by atoms with van der Waals surface area (Å²) in [5.41, 5.74) is 0.396. The second kappa shape index (κ2) is 7.52. The van der Waals surface area contributed by atoms with Crippen LogP contribution in [0.1, 0.15) is 47.0 Å². The maximum atomic E-state index is 12.6. The predicted octanol–water partition coefficient (Wildman–Crippen LogP) is 1.38. The summed E-state index contributed by atoms with van der Waals surface area (Å²) >= 11 is 0. The maximum Gasteiger partial charge on any atom is 0.239 e. The molecule has 25 heavy (non-hydrogen) atoms. The van der Waals surface area contributed by atoms with E-state index in [1.165, 1.54) is 6.42 Å². The second-order valence-corrected chi connectivity index (χ2v) is 8.42. The van der Waals surface area contributed by atoms with Gasteiger partial charge in [0.1, 0.15) is 0 Å². The average molecular weight is 350 g/mol. The lowest BCUT2D eigenvalue weighted by atomic mass is 10.2. The highest BCUT2D eigenvalue weighted by Crippen LogP contribution is 2.44. The number of nitrogens with zero attached hydrogens (tertiary/aromatic N) is 4. The molecule has 0 bridgehead atoms. The SMILES string of the molecule is CCN=C(NC1CC1(C)C)N1CCN(C(C)C(=O)N2CCCC2)CC1. The van der Waals surface area contributed by atoms with E-state index in [0.29, 0.717) is 17.4 Å². The van der Waals surface area contributed by atoms with E-state index < -0.39 is 0 Å². The number of aliphatic imine (C=N–C) groups is 1. The Morgan fingerprint density at radius 3 is 2.24 bits per heavy atom. The molecule has 1 aliphatic carbocycles. The van der Waals surface area contributed by atoms with Gasteiger partial charge in [0.15, 0.2) is 5.96 Å². The van der Waals surface area contributed by atoms with Gasteiger partial charge in [-0.25, -0.2) is 0 Å². The quantitative estimate of drug-likeness (QED) is 0.615. The highest BCUT2D eigenvalue weighted by molar-refractivity contribution is 5.82. The van der Waals surface area contributed by atoms with Gasteiger partial charge in [-0.05, 0) is 38.5 Å². The van der Waals surface area contributed by atoms with Crippen molar-refractivity contribution in [1.29, 1.82) is 0 Å². The van der Waals surface area contributed by atoms with Crippen molar-refractivity contribution in [3.63, 3.8) is 0 Å². The molecule has 2 heterocycles. The second-order valence-electron chi connectivity index (χ2n) is 8.42. The summed E-state index contributed by atoms with van der Waals surface area (Å²) < 4.78 is 0. The molecule has 2 unspecified atom stereocenters. The Balaban J connectivity index is 1.51. The average Bonchev–Trinajstić information content (AvgIpc) is 3.01. The van der Waals surface area contributed by atoms with Crippen LogP contribution in [0.4, 0.5) is 0 Å². The number of rotatable bonds is 4. The standard InChI is InChI=1S/C19H35N5O/c1-5-20-18(21-16-14-19(16,3)4)24-12-10-22(11-13-24)15(2)17(25)23-8-6-7-9-23/h15-16H,5-14H2,1-4H3,(H,20,21). The predicted molar refractivity (Wildman–Crippen MR) is 102 cm³/mol. The number of hydrogen-bond acceptors (Lipinski definition) is 3. The lowest BCUT2D eigenvalue weighted by Gasteiger charge is -2.39. The Morgan fingerprint density at radius 1 is 1.12 bits per heavy atom. The van der Waals surface area contributed by atoms with Crippen LogP contribution in [-0.4, -0.2) is 84.5 Å². The zero-order chi connectivity index (χ0) is 18.0. The fourth-order valence-corrected chi connectivity index (χ4v) is 3.94. The van der Waals surface area contributed by atoms with E-state index in [9.17, 15) is 4.79 Å². The molecule has 2 atom stereocenters. The van der Waals surface area contributed by atoms with Crippen LogP contribution in [0.2, 0.25) is 0 Å². The van der Waals surface area contributed by atoms with Gasteiger partial charge in [0, 0.05) is 51.9 Å². The maximum absolute atomic E-state index is 12.6. The highest BCUT2D eigenvalue weighted by atomic mass is 16.2. The van der Waals surface area contributed by atoms with E-state index in [0.717, 1.165) is 64.6 Å². The third-order valence-electron chi connectivity index (χ3n) is 6.06. The molecular formula is C19H35N5O. The van der Waals surface area contributed by atoms with Gasteiger partial charge in [-0.1, -0.05) is 13.8 Å². The minimum Gasteiger partial charge on any atom is -0.353 e. The molecule has 0 aromatic rings. The van der Waals surface area contributed by atoms with E-state index in [1.807, 2.05) is 4.90 Å². The van der Waals surface area contributed by atoms with E-state index in [1.54, 1.807) is 0 Å². The number of hydrogen-bond donors (Lipinski definition) is 1. The Morgan fingerprint density at radius 2 is 1.72 bits per heavy atom. The van der Waals surface area contributed by atoms with Crippen molar-refractivity contribution < 1.29 is 4.79 Å². The van der Waals surface area contributed by atoms with Gasteiger partial charge in [-0.15, -0.1) is 0 Å². The van der Waals surface area contributed by atoms with Gasteiger partial charge < -0.3 is 15.1 Å². The summed E-state index contributed by atoms with van der Waals surface area (Å²) in [5.74, 6) is 1.36. The lowest BCUT2D eigenvalue weighted by molar-refractivity contribution is -0.135. The van der Waals surface area contributed by atoms with Crippen molar-refractivity contribution in [3.8, 4) is 0 Å². The van der Waals surface area contributed by atoms with Crippen LogP contribution in [0, 0.1) is 5.41 Å². The fourth-order valence-electron chi connectivity index (χ4n) is 3.94. The van der Waals surface area contributed by atoms with Crippen LogP contribution in [-0.2, 0) is 4.79 Å². The van der Waals surface area contributed by atoms with E-state index in [-0.39, 0.29) is 6.04 Å². The van der Waals surface area contributed by atoms with Gasteiger partial charge in [0.2, 0.25) is 5.91 Å². The topological polar surface area (TPSA) is 51.2 Å². The van der Waals surface area contributed by atoms with Crippen molar-refractivity contribution >= 4 is 11.9 Å². The summed E-state index contributed by atoms with van der Waals surface area (Å²) in [6, 6.07) is 0.550. The fraction of sp³-hybridized carbons (Fsp3) is 0.895. The van der Waals surface area contributed by atoms with Crippen molar-refractivity contribution in [2.24, 2.45) is 10.4 Å². The molecular weight excluding hydrogens is 314 g/mol. The van der Waals surface area contributed by atoms with Crippen LogP contribution in [0.25, 0.3) is 0 Å². The monoisotopic (exact) mass is 349 g/mol. The molecule has 6 nitrogen and oxygen atoms in total. The normalized spacial score (nSPS) is 28.2. The van der Waals surface area contributed by atoms with Gasteiger partial charge in [0.25, 0.3) is 0 Å². The van der Waals surface area contributed by atoms with Crippen molar-refractivity contribution in [1.82, 2.24) is 20.0 Å². The molecule has 1 saturated carbocycles. The van der Waals surface area contributed by atoms with Gasteiger partial charge in [0.05, 0.1) is 6.04 Å². The molecule has 0 spiro atoms. The number of carbonyl (C=O) groups excluding carboxylic acids is 1. The summed E-state index contributed by atoms with van der Waals surface area (Å²) in [6.07, 6.45) is 3.54. The van der Waals surface area contributed by atoms with Crippen LogP contribution >= 0.6 is 0 Å². The Labute approximate surface area is 152 Å². The largest absolute Gasteiger partial charge is 0.353 e. The molecule has 6 heteroatoms. The summed E-state index contributed by atoms with van der Waals surface area (Å²) in [7, 11) is 0. The molecule has 3 fully saturated rings. The van der Waals surface area contributed by atoms with Gasteiger partial charge in [-0.3, -0.25) is 14.7 Å². The third-order valence-corrected chi connectivity index (χ3v) is 6.06. The first kappa shape index (κ1) is 18.5. The number of guanidine groups is 1. The zero-order valence-corrected chi connectivity index (χ0v) is 16.4. The molecule has 0 aromatic carbocycles. The number of likely N-dealkylation sites (tertiary alicyclic amines) is 1. The van der Waals surface area contributed by atoms with E-state index in [4.69, 9.17) is 4.99 Å². The van der Waals surface area contributed by atoms with Crippen molar-refractivity contribution in [2.45, 2.75) is 59.0 Å². The molecule has 0 radical (unpaired) electrons. The number of carbonyl (C=O) groups is 1. The third kappa shape index (κ3) is 4.27. The first-order valence-corrected chi connectivity index (χ1v) is 10.0. The van der Waals surface area contributed by atoms with Crippen molar-refractivity contribution in [2.75, 3.05) is 45.8 Å². The Kier molecular flexibility index (Phi) is 5.56. The van der Waals surface area contributed by atoms with Gasteiger partial charge in [-0.2, -0.15) is 0 Å². The molecule has 3 rings (SSSR count). The molecule has 1 amide bonds. The molecule has 2 saturated heterocycles. The number of piperazine rings is 1. The Bertz CT molecular complexity index is 504. The highest BCUT2D eigenvalue weighted by Gasteiger charge is 2.46. The van der Waals surface area contributed by atoms with Gasteiger partial charge >= 0.3 is 0 Å². The minimum atomic E-state index is 0.00198. The summed E-state index contributed by atoms with van der Waals surface area (Å²) in [6.45, 7) is 15.2. The summed E-state index contributed by atoms with van der Waals surface area (Å²) in [5, 5.41) is 3.65. The van der Waals surface area contributed by atoms with Crippen LogP contribution in [0.3, 0.4) is 0 Å². The zero-order valence-electron chi connectivity index (χ0n) is 16.4. The lowest BCUT2D eigenvalue weighted by Crippen LogP contribution is -2.57. The van der Waals surface area contributed by atoms with Crippen molar-refractivity contribution in [3.05, 3.63) is 0 Å². The number of amides is 1. The summed E-state index contributed by atoms with van der Waals surface area (Å²) in [4.78, 5) is 24.1. The van der Waals surface area contributed by atoms with Crippen LogP contribution in [0.15, 0.2) is 4.99 Å². The first-order chi connectivity index (χ1) is 11.9. The number of nitrogens with one attached hydrogen (secondary N) is 1. The smallest absolute Gasteiger partial charge is 0.239 e. The first-order valence-electron chi connectivity index (χ1n) is 10.0. The molecule has 0 aromatic heterocycles. The molecule has 142 valence electrons. The molecule has 2 aliphatic heterocycles. The van der Waals surface area contributed by atoms with Crippen LogP contribution in [0.5, 0.6) is 0 Å². The van der Waals surface area contributed by atoms with E-state index >= 15 is 0 Å². The molecule has 1 N–H and O–H groups in total. The molecule has 3 aliphatic rings. The van der Waals surface area contributed by atoms with Crippen LogP contribution < -0.4 is 5.32 Å². The minimum absolute atomic E-state index is 0.00198.